The Morgan fingerprint density at radius 1 is 0.938 bits per heavy atom. The Bertz CT molecular complexity index is 610. The van der Waals surface area contributed by atoms with Gasteiger partial charge in [-0.15, -0.1) is 0 Å². The fourth-order valence-corrected chi connectivity index (χ4v) is 2.24. The van der Waals surface area contributed by atoms with Crippen LogP contribution in [0.15, 0.2) is 59.7 Å². The summed E-state index contributed by atoms with van der Waals surface area (Å²) in [7, 11) is 0. The predicted octanol–water partition coefficient (Wildman–Crippen LogP) is 2.46. The van der Waals surface area contributed by atoms with Crippen LogP contribution < -0.4 is 10.4 Å². The van der Waals surface area contributed by atoms with E-state index in [1.54, 1.807) is 0 Å². The Hall–Kier alpha value is -1.82. The van der Waals surface area contributed by atoms with Gasteiger partial charge in [0.25, 0.3) is 0 Å². The van der Waals surface area contributed by atoms with Crippen molar-refractivity contribution in [3.63, 3.8) is 0 Å². The maximum absolute atomic E-state index is 2.33. The summed E-state index contributed by atoms with van der Waals surface area (Å²) in [6.45, 7) is 0. The first-order valence-corrected chi connectivity index (χ1v) is 5.77. The number of allylic oxidation sites excluding steroid dienone is 6. The SMILES string of the molecule is C1=CCC=C2CC=c3ccccc3=CC2=C1. The van der Waals surface area contributed by atoms with Crippen molar-refractivity contribution in [2.24, 2.45) is 0 Å². The first-order chi connectivity index (χ1) is 7.93. The molecule has 0 amide bonds. The predicted molar refractivity (Wildman–Crippen MR) is 69.2 cm³/mol. The molecule has 78 valence electrons. The van der Waals surface area contributed by atoms with E-state index < -0.39 is 0 Å². The number of rotatable bonds is 0. The van der Waals surface area contributed by atoms with Crippen LogP contribution >= 0.6 is 0 Å². The van der Waals surface area contributed by atoms with E-state index in [-0.39, 0.29) is 0 Å². The van der Waals surface area contributed by atoms with E-state index in [0.717, 1.165) is 12.8 Å². The molecule has 0 saturated heterocycles. The molecule has 3 rings (SSSR count). The first kappa shape index (κ1) is 9.41. The van der Waals surface area contributed by atoms with Crippen LogP contribution in [0.2, 0.25) is 0 Å². The zero-order valence-electron chi connectivity index (χ0n) is 9.19. The molecule has 0 nitrogen and oxygen atoms in total. The van der Waals surface area contributed by atoms with Crippen molar-refractivity contribution in [3.8, 4) is 0 Å². The van der Waals surface area contributed by atoms with E-state index in [1.165, 1.54) is 21.6 Å². The smallest absolute Gasteiger partial charge is 0.00853 e. The van der Waals surface area contributed by atoms with Crippen LogP contribution in [-0.2, 0) is 0 Å². The molecule has 0 spiro atoms. The lowest BCUT2D eigenvalue weighted by atomic mass is 10.0. The lowest BCUT2D eigenvalue weighted by molar-refractivity contribution is 1.26. The molecule has 0 aliphatic heterocycles. The van der Waals surface area contributed by atoms with Crippen molar-refractivity contribution in [2.75, 3.05) is 0 Å². The number of fused-ring (bicyclic) bond motifs is 2. The molecule has 0 saturated carbocycles. The first-order valence-electron chi connectivity index (χ1n) is 5.77. The monoisotopic (exact) mass is 206 g/mol. The molecule has 2 aliphatic rings. The standard InChI is InChI=1S/C16H14/c1-2-6-13-10-11-14-7-4-5-9-16(14)12-15(13)8-3-1/h1,3-9,11-12H,2,10H2. The second kappa shape index (κ2) is 3.97. The molecular weight excluding hydrogens is 192 g/mol. The molecule has 1 aromatic carbocycles. The second-order valence-corrected chi connectivity index (χ2v) is 4.20. The highest BCUT2D eigenvalue weighted by Crippen LogP contribution is 2.20. The molecule has 0 heterocycles. The molecule has 0 heteroatoms. The lowest BCUT2D eigenvalue weighted by Gasteiger charge is -2.02. The summed E-state index contributed by atoms with van der Waals surface area (Å²) in [5.41, 5.74) is 2.80. The Labute approximate surface area is 95.6 Å². The van der Waals surface area contributed by atoms with Crippen LogP contribution in [0.1, 0.15) is 12.8 Å². The lowest BCUT2D eigenvalue weighted by Crippen LogP contribution is -2.22. The van der Waals surface area contributed by atoms with Gasteiger partial charge in [0.1, 0.15) is 0 Å². The molecule has 0 bridgehead atoms. The highest BCUT2D eigenvalue weighted by molar-refractivity contribution is 5.63. The topological polar surface area (TPSA) is 0 Å². The van der Waals surface area contributed by atoms with E-state index in [1.807, 2.05) is 0 Å². The van der Waals surface area contributed by atoms with Crippen molar-refractivity contribution in [3.05, 3.63) is 70.2 Å². The summed E-state index contributed by atoms with van der Waals surface area (Å²) < 4.78 is 0. The van der Waals surface area contributed by atoms with Crippen molar-refractivity contribution >= 4 is 12.2 Å². The summed E-state index contributed by atoms with van der Waals surface area (Å²) in [6, 6.07) is 8.58. The molecule has 0 fully saturated rings. The fraction of sp³-hybridized carbons (Fsp3) is 0.125. The van der Waals surface area contributed by atoms with E-state index in [9.17, 15) is 0 Å². The van der Waals surface area contributed by atoms with E-state index >= 15 is 0 Å². The summed E-state index contributed by atoms with van der Waals surface area (Å²) in [5, 5.41) is 2.67. The summed E-state index contributed by atoms with van der Waals surface area (Å²) in [6.07, 6.45) is 15.6. The van der Waals surface area contributed by atoms with Crippen molar-refractivity contribution < 1.29 is 0 Å². The van der Waals surface area contributed by atoms with Crippen molar-refractivity contribution in [1.82, 2.24) is 0 Å². The molecule has 2 aliphatic carbocycles. The van der Waals surface area contributed by atoms with Gasteiger partial charge in [-0.05, 0) is 40.5 Å². The summed E-state index contributed by atoms with van der Waals surface area (Å²) in [4.78, 5) is 0. The van der Waals surface area contributed by atoms with Gasteiger partial charge in [0.15, 0.2) is 0 Å². The minimum atomic E-state index is 1.04. The zero-order chi connectivity index (χ0) is 10.8. The summed E-state index contributed by atoms with van der Waals surface area (Å²) >= 11 is 0. The molecule has 1 aromatic rings. The van der Waals surface area contributed by atoms with Crippen LogP contribution in [0.25, 0.3) is 12.2 Å². The van der Waals surface area contributed by atoms with Crippen molar-refractivity contribution in [1.29, 1.82) is 0 Å². The minimum absolute atomic E-state index is 1.04. The van der Waals surface area contributed by atoms with Gasteiger partial charge in [0.2, 0.25) is 0 Å². The van der Waals surface area contributed by atoms with Crippen LogP contribution in [0.4, 0.5) is 0 Å². The van der Waals surface area contributed by atoms with Gasteiger partial charge in [-0.1, -0.05) is 54.6 Å². The molecule has 0 aromatic heterocycles. The highest BCUT2D eigenvalue weighted by Gasteiger charge is 2.04. The average Bonchev–Trinajstić information content (AvgIpc) is 2.61. The average molecular weight is 206 g/mol. The van der Waals surface area contributed by atoms with Crippen LogP contribution in [0.5, 0.6) is 0 Å². The minimum Gasteiger partial charge on any atom is -0.0807 e. The third-order valence-corrected chi connectivity index (χ3v) is 3.13. The van der Waals surface area contributed by atoms with Crippen LogP contribution in [-0.4, -0.2) is 0 Å². The number of benzene rings is 1. The molecule has 0 unspecified atom stereocenters. The van der Waals surface area contributed by atoms with E-state index in [2.05, 4.69) is 60.7 Å². The van der Waals surface area contributed by atoms with Crippen LogP contribution in [0, 0.1) is 0 Å². The second-order valence-electron chi connectivity index (χ2n) is 4.20. The van der Waals surface area contributed by atoms with Crippen LogP contribution in [0.3, 0.4) is 0 Å². The molecule has 0 atom stereocenters. The highest BCUT2D eigenvalue weighted by atomic mass is 14.1. The van der Waals surface area contributed by atoms with E-state index in [0.29, 0.717) is 0 Å². The Kier molecular flexibility index (Phi) is 2.34. The number of hydrogen-bond acceptors (Lipinski definition) is 0. The van der Waals surface area contributed by atoms with E-state index in [4.69, 9.17) is 0 Å². The van der Waals surface area contributed by atoms with Crippen molar-refractivity contribution in [2.45, 2.75) is 12.8 Å². The largest absolute Gasteiger partial charge is 0.0807 e. The third kappa shape index (κ3) is 1.67. The zero-order valence-corrected chi connectivity index (χ0v) is 9.19. The van der Waals surface area contributed by atoms with Gasteiger partial charge in [0, 0.05) is 0 Å². The Morgan fingerprint density at radius 2 is 1.81 bits per heavy atom. The maximum atomic E-state index is 2.33. The Balaban J connectivity index is 2.28. The van der Waals surface area contributed by atoms with Gasteiger partial charge >= 0.3 is 0 Å². The molecule has 16 heavy (non-hydrogen) atoms. The maximum Gasteiger partial charge on any atom is -0.00853 e. The van der Waals surface area contributed by atoms with Gasteiger partial charge in [-0.2, -0.15) is 0 Å². The summed E-state index contributed by atoms with van der Waals surface area (Å²) in [5.74, 6) is 0. The molecule has 0 N–H and O–H groups in total. The van der Waals surface area contributed by atoms with Gasteiger partial charge in [0.05, 0.1) is 0 Å². The molecular formula is C16H14. The Morgan fingerprint density at radius 3 is 2.75 bits per heavy atom. The normalized spacial score (nSPS) is 17.8. The van der Waals surface area contributed by atoms with Gasteiger partial charge in [-0.25, -0.2) is 0 Å². The quantitative estimate of drug-likeness (QED) is 0.611. The van der Waals surface area contributed by atoms with Gasteiger partial charge < -0.3 is 0 Å². The number of hydrogen-bond donors (Lipinski definition) is 0. The fourth-order valence-electron chi connectivity index (χ4n) is 2.24. The van der Waals surface area contributed by atoms with Gasteiger partial charge in [-0.3, -0.25) is 0 Å². The molecule has 0 radical (unpaired) electrons. The third-order valence-electron chi connectivity index (χ3n) is 3.13.